The summed E-state index contributed by atoms with van der Waals surface area (Å²) in [6.45, 7) is 6.62. The van der Waals surface area contributed by atoms with Gasteiger partial charge in [0.25, 0.3) is 10.0 Å². The third-order valence-electron chi connectivity index (χ3n) is 5.48. The summed E-state index contributed by atoms with van der Waals surface area (Å²) in [5.74, 6) is -0.641. The van der Waals surface area contributed by atoms with Crippen LogP contribution in [-0.4, -0.2) is 30.5 Å². The average Bonchev–Trinajstić information content (AvgIpc) is 2.65. The van der Waals surface area contributed by atoms with E-state index >= 15 is 0 Å². The minimum Gasteiger partial charge on any atom is -0.507 e. The standard InChI is InChI=1S/C22H27NO5S/c1-5-17-8-6-15-12-16(22(3,4)26)7-10-20(15)23(17)29(27,28)18-9-11-21(25)19(13-18)14(2)24/h7,9-13,17,25-26H,5-6,8H2,1-4H3. The second kappa shape index (κ2) is 7.46. The van der Waals surface area contributed by atoms with Gasteiger partial charge in [-0.25, -0.2) is 8.42 Å². The number of Topliss-reactive ketones (excluding diaryl/α,β-unsaturated/α-hetero) is 1. The highest BCUT2D eigenvalue weighted by atomic mass is 32.2. The number of aliphatic hydroxyl groups is 1. The predicted octanol–water partition coefficient (Wildman–Crippen LogP) is 3.74. The van der Waals surface area contributed by atoms with Crippen molar-refractivity contribution < 1.29 is 23.4 Å². The highest BCUT2D eigenvalue weighted by molar-refractivity contribution is 7.92. The molecule has 0 saturated carbocycles. The maximum absolute atomic E-state index is 13.6. The Morgan fingerprint density at radius 1 is 1.21 bits per heavy atom. The summed E-state index contributed by atoms with van der Waals surface area (Å²) < 4.78 is 28.6. The molecule has 0 amide bonds. The normalized spacial score (nSPS) is 17.1. The lowest BCUT2D eigenvalue weighted by Gasteiger charge is -2.38. The Hall–Kier alpha value is -2.38. The van der Waals surface area contributed by atoms with Crippen LogP contribution in [0.15, 0.2) is 41.3 Å². The van der Waals surface area contributed by atoms with Gasteiger partial charge in [-0.3, -0.25) is 9.10 Å². The summed E-state index contributed by atoms with van der Waals surface area (Å²) in [6.07, 6.45) is 2.03. The summed E-state index contributed by atoms with van der Waals surface area (Å²) >= 11 is 0. The molecule has 0 aliphatic carbocycles. The number of fused-ring (bicyclic) bond motifs is 1. The van der Waals surface area contributed by atoms with Crippen LogP contribution >= 0.6 is 0 Å². The summed E-state index contributed by atoms with van der Waals surface area (Å²) in [4.78, 5) is 11.8. The number of nitrogens with zero attached hydrogens (tertiary/aromatic N) is 1. The van der Waals surface area contributed by atoms with E-state index < -0.39 is 21.4 Å². The van der Waals surface area contributed by atoms with E-state index in [1.54, 1.807) is 26.0 Å². The minimum atomic E-state index is -3.95. The van der Waals surface area contributed by atoms with Crippen LogP contribution in [0.5, 0.6) is 5.75 Å². The van der Waals surface area contributed by atoms with E-state index in [0.717, 1.165) is 17.5 Å². The number of carbonyl (C=O) groups excluding carboxylic acids is 1. The molecule has 7 heteroatoms. The van der Waals surface area contributed by atoms with Crippen LogP contribution < -0.4 is 4.31 Å². The number of rotatable bonds is 5. The molecule has 0 bridgehead atoms. The lowest BCUT2D eigenvalue weighted by atomic mass is 9.90. The quantitative estimate of drug-likeness (QED) is 0.723. The van der Waals surface area contributed by atoms with Crippen molar-refractivity contribution in [2.24, 2.45) is 0 Å². The zero-order valence-electron chi connectivity index (χ0n) is 17.1. The van der Waals surface area contributed by atoms with E-state index in [9.17, 15) is 23.4 Å². The fourth-order valence-corrected chi connectivity index (χ4v) is 5.60. The van der Waals surface area contributed by atoms with Crippen molar-refractivity contribution in [2.75, 3.05) is 4.31 Å². The highest BCUT2D eigenvalue weighted by Crippen LogP contribution is 2.39. The second-order valence-corrected chi connectivity index (χ2v) is 9.85. The molecule has 3 rings (SSSR count). The first-order valence-corrected chi connectivity index (χ1v) is 11.1. The lowest BCUT2D eigenvalue weighted by Crippen LogP contribution is -2.43. The number of phenolic OH excluding ortho intramolecular Hbond substituents is 1. The summed E-state index contributed by atoms with van der Waals surface area (Å²) in [6, 6.07) is 8.94. The molecule has 1 heterocycles. The minimum absolute atomic E-state index is 0.0197. The van der Waals surface area contributed by atoms with Crippen LogP contribution in [0.25, 0.3) is 0 Å². The Balaban J connectivity index is 2.16. The van der Waals surface area contributed by atoms with E-state index in [2.05, 4.69) is 0 Å². The smallest absolute Gasteiger partial charge is 0.264 e. The first-order chi connectivity index (χ1) is 13.5. The van der Waals surface area contributed by atoms with Crippen molar-refractivity contribution in [3.63, 3.8) is 0 Å². The van der Waals surface area contributed by atoms with Crippen molar-refractivity contribution in [1.82, 2.24) is 0 Å². The molecule has 6 nitrogen and oxygen atoms in total. The number of phenols is 1. The van der Waals surface area contributed by atoms with Crippen LogP contribution in [0.1, 0.15) is 62.0 Å². The third kappa shape index (κ3) is 3.89. The van der Waals surface area contributed by atoms with Gasteiger partial charge < -0.3 is 10.2 Å². The van der Waals surface area contributed by atoms with Crippen LogP contribution in [0.4, 0.5) is 5.69 Å². The van der Waals surface area contributed by atoms with E-state index in [-0.39, 0.29) is 22.3 Å². The molecule has 2 N–H and O–H groups in total. The van der Waals surface area contributed by atoms with E-state index in [1.165, 1.54) is 29.4 Å². The molecule has 2 aromatic rings. The largest absolute Gasteiger partial charge is 0.507 e. The van der Waals surface area contributed by atoms with Gasteiger partial charge in [0.2, 0.25) is 0 Å². The fraction of sp³-hybridized carbons (Fsp3) is 0.409. The molecular formula is C22H27NO5S. The SMILES string of the molecule is CCC1CCc2cc(C(C)(C)O)ccc2N1S(=O)(=O)c1ccc(O)c(C(C)=O)c1. The van der Waals surface area contributed by atoms with E-state index in [1.807, 2.05) is 13.0 Å². The van der Waals surface area contributed by atoms with Gasteiger partial charge in [0.05, 0.1) is 21.7 Å². The topological polar surface area (TPSA) is 94.9 Å². The van der Waals surface area contributed by atoms with Gasteiger partial charge in [-0.2, -0.15) is 0 Å². The van der Waals surface area contributed by atoms with Gasteiger partial charge in [-0.1, -0.05) is 19.1 Å². The number of hydrogen-bond acceptors (Lipinski definition) is 5. The number of hydrogen-bond donors (Lipinski definition) is 2. The maximum Gasteiger partial charge on any atom is 0.264 e. The average molecular weight is 418 g/mol. The molecule has 1 atom stereocenters. The van der Waals surface area contributed by atoms with E-state index in [0.29, 0.717) is 18.5 Å². The number of carbonyl (C=O) groups is 1. The summed E-state index contributed by atoms with van der Waals surface area (Å²) in [7, 11) is -3.95. The first-order valence-electron chi connectivity index (χ1n) is 9.71. The van der Waals surface area contributed by atoms with Crippen LogP contribution in [0.3, 0.4) is 0 Å². The van der Waals surface area contributed by atoms with Gasteiger partial charge in [0, 0.05) is 6.04 Å². The van der Waals surface area contributed by atoms with Crippen LogP contribution in [0, 0.1) is 0 Å². The van der Waals surface area contributed by atoms with Crippen molar-refractivity contribution in [2.45, 2.75) is 63.5 Å². The van der Waals surface area contributed by atoms with Crippen LogP contribution in [0.2, 0.25) is 0 Å². The molecule has 1 aliphatic heterocycles. The third-order valence-corrected chi connectivity index (χ3v) is 7.34. The van der Waals surface area contributed by atoms with Crippen molar-refractivity contribution in [1.29, 1.82) is 0 Å². The number of benzene rings is 2. The number of aromatic hydroxyl groups is 1. The second-order valence-electron chi connectivity index (χ2n) is 8.04. The number of aryl methyl sites for hydroxylation is 1. The molecule has 156 valence electrons. The molecule has 2 aromatic carbocycles. The Kier molecular flexibility index (Phi) is 5.49. The molecule has 0 aromatic heterocycles. The summed E-state index contributed by atoms with van der Waals surface area (Å²) in [5.41, 5.74) is 1.14. The Morgan fingerprint density at radius 3 is 2.48 bits per heavy atom. The first kappa shape index (κ1) is 21.3. The monoisotopic (exact) mass is 417 g/mol. The molecule has 0 radical (unpaired) electrons. The van der Waals surface area contributed by atoms with Gasteiger partial charge in [-0.15, -0.1) is 0 Å². The zero-order valence-corrected chi connectivity index (χ0v) is 18.0. The number of ketones is 1. The fourth-order valence-electron chi connectivity index (χ4n) is 3.78. The Bertz CT molecular complexity index is 1050. The molecule has 29 heavy (non-hydrogen) atoms. The van der Waals surface area contributed by atoms with Gasteiger partial charge in [-0.05, 0) is 75.4 Å². The maximum atomic E-state index is 13.6. The lowest BCUT2D eigenvalue weighted by molar-refractivity contribution is 0.0785. The van der Waals surface area contributed by atoms with Crippen molar-refractivity contribution in [3.05, 3.63) is 53.1 Å². The molecular weight excluding hydrogens is 390 g/mol. The summed E-state index contributed by atoms with van der Waals surface area (Å²) in [5, 5.41) is 20.2. The van der Waals surface area contributed by atoms with E-state index in [4.69, 9.17) is 0 Å². The Labute approximate surface area is 171 Å². The van der Waals surface area contributed by atoms with Gasteiger partial charge in [0.1, 0.15) is 5.75 Å². The van der Waals surface area contributed by atoms with Crippen LogP contribution in [-0.2, 0) is 22.0 Å². The van der Waals surface area contributed by atoms with Crippen molar-refractivity contribution in [3.8, 4) is 5.75 Å². The molecule has 0 spiro atoms. The number of sulfonamides is 1. The van der Waals surface area contributed by atoms with Gasteiger partial charge in [0.15, 0.2) is 5.78 Å². The highest BCUT2D eigenvalue weighted by Gasteiger charge is 2.36. The molecule has 0 fully saturated rings. The Morgan fingerprint density at radius 2 is 1.90 bits per heavy atom. The molecule has 1 unspecified atom stereocenters. The zero-order chi connectivity index (χ0) is 21.6. The molecule has 1 aliphatic rings. The number of anilines is 1. The van der Waals surface area contributed by atoms with Crippen molar-refractivity contribution >= 4 is 21.5 Å². The molecule has 0 saturated heterocycles. The van der Waals surface area contributed by atoms with Gasteiger partial charge >= 0.3 is 0 Å². The predicted molar refractivity (Wildman–Crippen MR) is 112 cm³/mol.